The maximum atomic E-state index is 13.5. The van der Waals surface area contributed by atoms with Crippen LogP contribution in [-0.2, 0) is 11.3 Å². The molecule has 0 N–H and O–H groups in total. The summed E-state index contributed by atoms with van der Waals surface area (Å²) >= 11 is 0. The Bertz CT molecular complexity index is 658. The van der Waals surface area contributed by atoms with Crippen molar-refractivity contribution in [3.63, 3.8) is 0 Å². The number of carbonyl (C=O) groups excluding carboxylic acids is 1. The molecule has 2 heterocycles. The number of nitrogens with zero attached hydrogens (tertiary/aromatic N) is 4. The second kappa shape index (κ2) is 7.94. The van der Waals surface area contributed by atoms with Gasteiger partial charge in [-0.3, -0.25) is 14.6 Å². The van der Waals surface area contributed by atoms with Crippen LogP contribution in [0.3, 0.4) is 0 Å². The summed E-state index contributed by atoms with van der Waals surface area (Å²) in [5.41, 5.74) is 1.26. The van der Waals surface area contributed by atoms with Crippen molar-refractivity contribution in [2.45, 2.75) is 32.4 Å². The van der Waals surface area contributed by atoms with E-state index in [0.717, 1.165) is 57.7 Å². The molecule has 3 rings (SSSR count). The first-order valence-electron chi connectivity index (χ1n) is 9.02. The van der Waals surface area contributed by atoms with Crippen LogP contribution in [0, 0.1) is 17.1 Å². The Balaban J connectivity index is 1.54. The standard InChI is InChI=1S/C19H25FN4O/c1-15(19(25)24-6-2-3-7-24)23-10-8-22(9-11-23)14-17-12-18(20)5-4-16(17)13-21/h4-5,12,15H,2-3,6-11,14H2,1H3. The SMILES string of the molecule is CC(C(=O)N1CCCC1)N1CCN(Cc2cc(F)ccc2C#N)CC1. The summed E-state index contributed by atoms with van der Waals surface area (Å²) in [7, 11) is 0. The zero-order valence-corrected chi connectivity index (χ0v) is 14.7. The van der Waals surface area contributed by atoms with Crippen LogP contribution in [0.4, 0.5) is 4.39 Å². The highest BCUT2D eigenvalue weighted by atomic mass is 19.1. The Morgan fingerprint density at radius 2 is 1.88 bits per heavy atom. The molecular weight excluding hydrogens is 319 g/mol. The van der Waals surface area contributed by atoms with E-state index in [0.29, 0.717) is 12.1 Å². The number of hydrogen-bond acceptors (Lipinski definition) is 4. The second-order valence-electron chi connectivity index (χ2n) is 6.93. The lowest BCUT2D eigenvalue weighted by Gasteiger charge is -2.38. The summed E-state index contributed by atoms with van der Waals surface area (Å²) in [6, 6.07) is 6.37. The topological polar surface area (TPSA) is 50.6 Å². The van der Waals surface area contributed by atoms with Crippen LogP contribution in [0.5, 0.6) is 0 Å². The van der Waals surface area contributed by atoms with Gasteiger partial charge in [0.2, 0.25) is 5.91 Å². The van der Waals surface area contributed by atoms with Crippen LogP contribution < -0.4 is 0 Å². The summed E-state index contributed by atoms with van der Waals surface area (Å²) in [5.74, 6) is -0.0692. The van der Waals surface area contributed by atoms with Crippen molar-refractivity contribution in [1.82, 2.24) is 14.7 Å². The van der Waals surface area contributed by atoms with E-state index >= 15 is 0 Å². The van der Waals surface area contributed by atoms with Gasteiger partial charge in [-0.05, 0) is 43.5 Å². The van der Waals surface area contributed by atoms with Crippen molar-refractivity contribution >= 4 is 5.91 Å². The molecule has 134 valence electrons. The Morgan fingerprint density at radius 1 is 1.20 bits per heavy atom. The Hall–Kier alpha value is -1.97. The molecule has 5 nitrogen and oxygen atoms in total. The van der Waals surface area contributed by atoms with Crippen molar-refractivity contribution in [2.24, 2.45) is 0 Å². The van der Waals surface area contributed by atoms with Gasteiger partial charge in [-0.1, -0.05) is 0 Å². The van der Waals surface area contributed by atoms with Crippen LogP contribution in [0.2, 0.25) is 0 Å². The highest BCUT2D eigenvalue weighted by Gasteiger charge is 2.29. The van der Waals surface area contributed by atoms with Gasteiger partial charge in [0, 0.05) is 45.8 Å². The summed E-state index contributed by atoms with van der Waals surface area (Å²) in [6.07, 6.45) is 2.22. The third-order valence-electron chi connectivity index (χ3n) is 5.31. The number of hydrogen-bond donors (Lipinski definition) is 0. The van der Waals surface area contributed by atoms with Crippen molar-refractivity contribution in [2.75, 3.05) is 39.3 Å². The molecular formula is C19H25FN4O. The summed E-state index contributed by atoms with van der Waals surface area (Å²) in [4.78, 5) is 19.0. The van der Waals surface area contributed by atoms with Gasteiger partial charge < -0.3 is 4.90 Å². The molecule has 0 saturated carbocycles. The fourth-order valence-electron chi connectivity index (χ4n) is 3.71. The highest BCUT2D eigenvalue weighted by molar-refractivity contribution is 5.81. The lowest BCUT2D eigenvalue weighted by atomic mass is 10.1. The quantitative estimate of drug-likeness (QED) is 0.836. The number of likely N-dealkylation sites (tertiary alicyclic amines) is 1. The molecule has 25 heavy (non-hydrogen) atoms. The van der Waals surface area contributed by atoms with Gasteiger partial charge in [0.25, 0.3) is 0 Å². The van der Waals surface area contributed by atoms with E-state index in [1.54, 1.807) is 0 Å². The summed E-state index contributed by atoms with van der Waals surface area (Å²) in [5, 5.41) is 9.18. The lowest BCUT2D eigenvalue weighted by molar-refractivity contribution is -0.136. The van der Waals surface area contributed by atoms with Crippen LogP contribution >= 0.6 is 0 Å². The predicted octanol–water partition coefficient (Wildman–Crippen LogP) is 1.83. The van der Waals surface area contributed by atoms with Gasteiger partial charge in [0.05, 0.1) is 17.7 Å². The fourth-order valence-corrected chi connectivity index (χ4v) is 3.71. The first-order valence-corrected chi connectivity index (χ1v) is 9.02. The van der Waals surface area contributed by atoms with E-state index < -0.39 is 0 Å². The number of carbonyl (C=O) groups is 1. The third-order valence-corrected chi connectivity index (χ3v) is 5.31. The molecule has 0 spiro atoms. The first kappa shape index (κ1) is 17.8. The molecule has 1 atom stereocenters. The zero-order valence-electron chi connectivity index (χ0n) is 14.7. The molecule has 1 aromatic rings. The number of rotatable bonds is 4. The van der Waals surface area contributed by atoms with Gasteiger partial charge in [-0.2, -0.15) is 5.26 Å². The van der Waals surface area contributed by atoms with Crippen LogP contribution in [0.25, 0.3) is 0 Å². The number of halogens is 1. The average Bonchev–Trinajstić information content (AvgIpc) is 3.16. The molecule has 2 saturated heterocycles. The van der Waals surface area contributed by atoms with E-state index in [9.17, 15) is 14.4 Å². The van der Waals surface area contributed by atoms with E-state index in [1.165, 1.54) is 18.2 Å². The molecule has 2 aliphatic heterocycles. The summed E-state index contributed by atoms with van der Waals surface area (Å²) in [6.45, 7) is 7.62. The van der Waals surface area contributed by atoms with Crippen LogP contribution in [-0.4, -0.2) is 65.9 Å². The minimum absolute atomic E-state index is 0.0795. The van der Waals surface area contributed by atoms with Gasteiger partial charge >= 0.3 is 0 Å². The number of nitriles is 1. The molecule has 1 amide bonds. The largest absolute Gasteiger partial charge is 0.341 e. The van der Waals surface area contributed by atoms with Gasteiger partial charge in [0.15, 0.2) is 0 Å². The molecule has 0 aliphatic carbocycles. The lowest BCUT2D eigenvalue weighted by Crippen LogP contribution is -2.54. The Labute approximate surface area is 148 Å². The monoisotopic (exact) mass is 344 g/mol. The van der Waals surface area contributed by atoms with E-state index in [2.05, 4.69) is 15.9 Å². The van der Waals surface area contributed by atoms with Crippen molar-refractivity contribution in [3.05, 3.63) is 35.1 Å². The highest BCUT2D eigenvalue weighted by Crippen LogP contribution is 2.17. The van der Waals surface area contributed by atoms with Crippen molar-refractivity contribution in [1.29, 1.82) is 5.26 Å². The molecule has 1 unspecified atom stereocenters. The van der Waals surface area contributed by atoms with Gasteiger partial charge in [-0.25, -0.2) is 4.39 Å². The van der Waals surface area contributed by atoms with Crippen LogP contribution in [0.1, 0.15) is 30.9 Å². The van der Waals surface area contributed by atoms with E-state index in [-0.39, 0.29) is 17.8 Å². The van der Waals surface area contributed by atoms with Crippen LogP contribution in [0.15, 0.2) is 18.2 Å². The molecule has 2 fully saturated rings. The number of benzene rings is 1. The van der Waals surface area contributed by atoms with Gasteiger partial charge in [0.1, 0.15) is 5.82 Å². The normalized spacial score (nSPS) is 20.4. The van der Waals surface area contributed by atoms with E-state index in [1.807, 2.05) is 11.8 Å². The molecule has 0 aromatic heterocycles. The Morgan fingerprint density at radius 3 is 2.52 bits per heavy atom. The molecule has 6 heteroatoms. The predicted molar refractivity (Wildman–Crippen MR) is 93.2 cm³/mol. The minimum atomic E-state index is -0.308. The number of amides is 1. The minimum Gasteiger partial charge on any atom is -0.341 e. The maximum Gasteiger partial charge on any atom is 0.239 e. The first-order chi connectivity index (χ1) is 12.1. The van der Waals surface area contributed by atoms with Crippen molar-refractivity contribution in [3.8, 4) is 6.07 Å². The second-order valence-corrected chi connectivity index (χ2v) is 6.93. The molecule has 0 radical (unpaired) electrons. The number of piperazine rings is 1. The Kier molecular flexibility index (Phi) is 5.67. The van der Waals surface area contributed by atoms with E-state index in [4.69, 9.17) is 0 Å². The summed E-state index contributed by atoms with van der Waals surface area (Å²) < 4.78 is 13.5. The zero-order chi connectivity index (χ0) is 17.8. The molecule has 0 bridgehead atoms. The smallest absolute Gasteiger partial charge is 0.239 e. The fraction of sp³-hybridized carbons (Fsp3) is 0.579. The average molecular weight is 344 g/mol. The maximum absolute atomic E-state index is 13.5. The third kappa shape index (κ3) is 4.17. The molecule has 1 aromatic carbocycles. The van der Waals surface area contributed by atoms with Crippen molar-refractivity contribution < 1.29 is 9.18 Å². The molecule has 2 aliphatic rings. The van der Waals surface area contributed by atoms with Gasteiger partial charge in [-0.15, -0.1) is 0 Å².